The van der Waals surface area contributed by atoms with Crippen molar-refractivity contribution in [2.24, 2.45) is 0 Å². The van der Waals surface area contributed by atoms with E-state index in [-0.39, 0.29) is 6.79 Å². The van der Waals surface area contributed by atoms with E-state index in [9.17, 15) is 4.79 Å². The molecule has 0 spiro atoms. The molecule has 3 heteroatoms. The molecule has 0 aliphatic heterocycles. The molecule has 0 heterocycles. The molecule has 0 unspecified atom stereocenters. The SMILES string of the molecule is C=C(C)C(=O)OCOc1c(C)c(C)c(C#Cc2c(C)c(C)c(C)c(C)c2C)c(C)c1C. The van der Waals surface area contributed by atoms with Gasteiger partial charge in [-0.2, -0.15) is 0 Å². The summed E-state index contributed by atoms with van der Waals surface area (Å²) in [5.74, 6) is 7.19. The summed E-state index contributed by atoms with van der Waals surface area (Å²) >= 11 is 0. The molecule has 2 rings (SSSR count). The average Bonchev–Trinajstić information content (AvgIpc) is 2.73. The van der Waals surface area contributed by atoms with Gasteiger partial charge >= 0.3 is 5.97 Å². The maximum Gasteiger partial charge on any atom is 0.335 e. The molecule has 0 aromatic heterocycles. The highest BCUT2D eigenvalue weighted by Crippen LogP contribution is 2.33. The lowest BCUT2D eigenvalue weighted by Gasteiger charge is -2.18. The van der Waals surface area contributed by atoms with Crippen LogP contribution >= 0.6 is 0 Å². The van der Waals surface area contributed by atoms with E-state index < -0.39 is 5.97 Å². The van der Waals surface area contributed by atoms with E-state index >= 15 is 0 Å². The van der Waals surface area contributed by atoms with Crippen LogP contribution < -0.4 is 4.74 Å². The second kappa shape index (κ2) is 9.43. The van der Waals surface area contributed by atoms with E-state index in [1.165, 1.54) is 27.8 Å². The smallest absolute Gasteiger partial charge is 0.335 e. The van der Waals surface area contributed by atoms with Gasteiger partial charge in [0.1, 0.15) is 5.75 Å². The number of hydrogen-bond acceptors (Lipinski definition) is 3. The Morgan fingerprint density at radius 2 is 1.03 bits per heavy atom. The molecule has 0 saturated heterocycles. The molecule has 0 aliphatic carbocycles. The molecule has 0 radical (unpaired) electrons. The third kappa shape index (κ3) is 4.69. The average molecular weight is 419 g/mol. The van der Waals surface area contributed by atoms with Crippen LogP contribution in [-0.2, 0) is 9.53 Å². The van der Waals surface area contributed by atoms with Crippen LogP contribution in [0.25, 0.3) is 0 Å². The normalized spacial score (nSPS) is 10.4. The van der Waals surface area contributed by atoms with Crippen molar-refractivity contribution in [3.63, 3.8) is 0 Å². The number of benzene rings is 2. The number of esters is 1. The Kier molecular flexibility index (Phi) is 7.39. The van der Waals surface area contributed by atoms with Gasteiger partial charge in [0.2, 0.25) is 6.79 Å². The fraction of sp³-hybridized carbons (Fsp3) is 0.393. The zero-order valence-corrected chi connectivity index (χ0v) is 20.6. The minimum absolute atomic E-state index is 0.141. The maximum absolute atomic E-state index is 11.6. The molecular weight excluding hydrogens is 384 g/mol. The molecule has 0 amide bonds. The first-order valence-electron chi connectivity index (χ1n) is 10.5. The van der Waals surface area contributed by atoms with Gasteiger partial charge in [-0.15, -0.1) is 0 Å². The van der Waals surface area contributed by atoms with Crippen LogP contribution in [0.2, 0.25) is 0 Å². The summed E-state index contributed by atoms with van der Waals surface area (Å²) in [5, 5.41) is 0. The van der Waals surface area contributed by atoms with Crippen molar-refractivity contribution in [1.82, 2.24) is 0 Å². The van der Waals surface area contributed by atoms with Crippen LogP contribution in [0.1, 0.15) is 68.1 Å². The van der Waals surface area contributed by atoms with Gasteiger partial charge in [-0.1, -0.05) is 18.4 Å². The quantitative estimate of drug-likeness (QED) is 0.252. The lowest BCUT2D eigenvalue weighted by Crippen LogP contribution is -2.12. The fourth-order valence-corrected chi connectivity index (χ4v) is 3.76. The van der Waals surface area contributed by atoms with E-state index in [4.69, 9.17) is 9.47 Å². The Bertz CT molecular complexity index is 1080. The van der Waals surface area contributed by atoms with Crippen LogP contribution in [0.4, 0.5) is 0 Å². The summed E-state index contributed by atoms with van der Waals surface area (Å²) < 4.78 is 10.9. The zero-order chi connectivity index (χ0) is 23.6. The van der Waals surface area contributed by atoms with Gasteiger partial charge in [-0.3, -0.25) is 0 Å². The molecule has 0 saturated carbocycles. The third-order valence-corrected chi connectivity index (χ3v) is 6.61. The van der Waals surface area contributed by atoms with Crippen molar-refractivity contribution >= 4 is 5.97 Å². The lowest BCUT2D eigenvalue weighted by atomic mass is 9.89. The van der Waals surface area contributed by atoms with Crippen molar-refractivity contribution in [2.45, 2.75) is 69.2 Å². The highest BCUT2D eigenvalue weighted by Gasteiger charge is 2.16. The van der Waals surface area contributed by atoms with Gasteiger partial charge < -0.3 is 9.47 Å². The van der Waals surface area contributed by atoms with Crippen molar-refractivity contribution in [3.8, 4) is 17.6 Å². The Morgan fingerprint density at radius 1 is 0.677 bits per heavy atom. The highest BCUT2D eigenvalue weighted by atomic mass is 16.7. The predicted molar refractivity (Wildman–Crippen MR) is 128 cm³/mol. The van der Waals surface area contributed by atoms with Crippen molar-refractivity contribution in [1.29, 1.82) is 0 Å². The first kappa shape index (κ1) is 24.3. The standard InChI is InChI=1S/C28H34O3/c1-15(2)28(29)31-14-30-27-23(10)21(8)26(22(9)24(27)11)13-12-25-19(6)17(4)16(3)18(5)20(25)7/h1,14H2,2-11H3. The molecular formula is C28H34O3. The molecule has 0 fully saturated rings. The number of ether oxygens (including phenoxy) is 2. The van der Waals surface area contributed by atoms with Crippen molar-refractivity contribution in [3.05, 3.63) is 73.4 Å². The van der Waals surface area contributed by atoms with E-state index in [2.05, 4.69) is 66.9 Å². The van der Waals surface area contributed by atoms with Crippen LogP contribution in [0, 0.1) is 74.2 Å². The second-order valence-corrected chi connectivity index (χ2v) is 8.43. The van der Waals surface area contributed by atoms with E-state index in [1.54, 1.807) is 6.92 Å². The maximum atomic E-state index is 11.6. The van der Waals surface area contributed by atoms with E-state index in [0.29, 0.717) is 5.57 Å². The van der Waals surface area contributed by atoms with Crippen molar-refractivity contribution in [2.75, 3.05) is 6.79 Å². The summed E-state index contributed by atoms with van der Waals surface area (Å²) in [7, 11) is 0. The minimum atomic E-state index is -0.458. The summed E-state index contributed by atoms with van der Waals surface area (Å²) in [5.41, 5.74) is 13.1. The van der Waals surface area contributed by atoms with Crippen molar-refractivity contribution < 1.29 is 14.3 Å². The largest absolute Gasteiger partial charge is 0.457 e. The fourth-order valence-electron chi connectivity index (χ4n) is 3.76. The monoisotopic (exact) mass is 418 g/mol. The van der Waals surface area contributed by atoms with Gasteiger partial charge in [-0.25, -0.2) is 4.79 Å². The van der Waals surface area contributed by atoms with E-state index in [1.807, 2.05) is 13.8 Å². The first-order chi connectivity index (χ1) is 14.4. The summed E-state index contributed by atoms with van der Waals surface area (Å²) in [6.45, 7) is 24.0. The molecule has 0 atom stereocenters. The minimum Gasteiger partial charge on any atom is -0.457 e. The molecule has 2 aromatic carbocycles. The number of hydrogen-bond donors (Lipinski definition) is 0. The molecule has 164 valence electrons. The lowest BCUT2D eigenvalue weighted by molar-refractivity contribution is -0.145. The Hall–Kier alpha value is -2.99. The number of rotatable bonds is 4. The Morgan fingerprint density at radius 3 is 1.42 bits per heavy atom. The number of carbonyl (C=O) groups excluding carboxylic acids is 1. The van der Waals surface area contributed by atoms with Gasteiger partial charge in [0.05, 0.1) is 0 Å². The zero-order valence-electron chi connectivity index (χ0n) is 20.6. The molecule has 0 bridgehead atoms. The molecule has 31 heavy (non-hydrogen) atoms. The summed E-state index contributed by atoms with van der Waals surface area (Å²) in [6, 6.07) is 0. The van der Waals surface area contributed by atoms with Gasteiger partial charge in [-0.05, 0) is 119 Å². The Balaban J connectivity index is 2.49. The van der Waals surface area contributed by atoms with Gasteiger partial charge in [0, 0.05) is 16.7 Å². The predicted octanol–water partition coefficient (Wildman–Crippen LogP) is 6.32. The molecule has 3 nitrogen and oxygen atoms in total. The topological polar surface area (TPSA) is 35.5 Å². The second-order valence-electron chi connectivity index (χ2n) is 8.43. The summed E-state index contributed by atoms with van der Waals surface area (Å²) in [4.78, 5) is 11.6. The first-order valence-corrected chi connectivity index (χ1v) is 10.5. The molecule has 0 aliphatic rings. The van der Waals surface area contributed by atoms with Crippen LogP contribution in [0.3, 0.4) is 0 Å². The van der Waals surface area contributed by atoms with E-state index in [0.717, 1.165) is 39.1 Å². The van der Waals surface area contributed by atoms with Gasteiger partial charge in [0.15, 0.2) is 0 Å². The number of carbonyl (C=O) groups is 1. The summed E-state index contributed by atoms with van der Waals surface area (Å²) in [6.07, 6.45) is 0. The van der Waals surface area contributed by atoms with Crippen LogP contribution in [0.5, 0.6) is 5.75 Å². The van der Waals surface area contributed by atoms with Crippen LogP contribution in [0.15, 0.2) is 12.2 Å². The Labute approximate surface area is 187 Å². The third-order valence-electron chi connectivity index (χ3n) is 6.61. The van der Waals surface area contributed by atoms with Gasteiger partial charge in [0.25, 0.3) is 0 Å². The van der Waals surface area contributed by atoms with Crippen LogP contribution in [-0.4, -0.2) is 12.8 Å². The highest BCUT2D eigenvalue weighted by molar-refractivity contribution is 5.86. The molecule has 2 aromatic rings. The molecule has 0 N–H and O–H groups in total.